The van der Waals surface area contributed by atoms with Gasteiger partial charge in [0.25, 0.3) is 0 Å². The second-order valence-electron chi connectivity index (χ2n) is 3.41. The fourth-order valence-electron chi connectivity index (χ4n) is 1.36. The quantitative estimate of drug-likeness (QED) is 0.911. The minimum Gasteiger partial charge on any atom is -0.474 e. The van der Waals surface area contributed by atoms with Crippen LogP contribution < -0.4 is 0 Å². The molecule has 100 valence electrons. The maximum atomic E-state index is 12.9. The summed E-state index contributed by atoms with van der Waals surface area (Å²) in [5, 5.41) is 15.0. The van der Waals surface area contributed by atoms with E-state index in [-0.39, 0.29) is 10.0 Å². The average molecular weight is 337 g/mol. The van der Waals surface area contributed by atoms with Gasteiger partial charge >= 0.3 is 18.0 Å². The second-order valence-corrected chi connectivity index (χ2v) is 4.32. The lowest BCUT2D eigenvalue weighted by atomic mass is 10.1. The van der Waals surface area contributed by atoms with Crippen LogP contribution in [0.2, 0.25) is 0 Å². The van der Waals surface area contributed by atoms with E-state index in [0.717, 1.165) is 12.1 Å². The lowest BCUT2D eigenvalue weighted by Gasteiger charge is -2.10. The molecule has 9 heteroatoms. The van der Waals surface area contributed by atoms with E-state index in [1.807, 2.05) is 0 Å². The van der Waals surface area contributed by atoms with Gasteiger partial charge in [-0.15, -0.1) is 10.2 Å². The molecule has 1 N–H and O–H groups in total. The predicted octanol–water partition coefficient (Wildman–Crippen LogP) is 3.22. The van der Waals surface area contributed by atoms with Crippen LogP contribution in [0.4, 0.5) is 13.2 Å². The topological polar surface area (TPSA) is 76.2 Å². The number of hydrogen-bond acceptors (Lipinski definition) is 4. The highest BCUT2D eigenvalue weighted by atomic mass is 79.9. The molecule has 2 rings (SSSR count). The van der Waals surface area contributed by atoms with E-state index < -0.39 is 29.5 Å². The standard InChI is InChI=1S/C10H4BrF3N2O3/c11-4-1-2-5(6(3-4)10(12,13)14)7-15-16-8(19-7)9(17)18/h1-3H,(H,17,18). The number of nitrogens with zero attached hydrogens (tertiary/aromatic N) is 2. The molecule has 0 radical (unpaired) electrons. The zero-order chi connectivity index (χ0) is 14.2. The van der Waals surface area contributed by atoms with Crippen LogP contribution in [0.3, 0.4) is 0 Å². The van der Waals surface area contributed by atoms with Gasteiger partial charge in [0.1, 0.15) is 0 Å². The number of carboxylic acid groups (broad SMARTS) is 1. The Bertz CT molecular complexity index is 639. The molecule has 2 aromatic rings. The van der Waals surface area contributed by atoms with E-state index in [0.29, 0.717) is 0 Å². The summed E-state index contributed by atoms with van der Waals surface area (Å²) < 4.78 is 43.5. The summed E-state index contributed by atoms with van der Waals surface area (Å²) in [6.45, 7) is 0. The van der Waals surface area contributed by atoms with Gasteiger partial charge < -0.3 is 9.52 Å². The number of halogens is 4. The Labute approximate surface area is 112 Å². The Hall–Kier alpha value is -1.90. The molecular weight excluding hydrogens is 333 g/mol. The molecule has 1 aromatic heterocycles. The van der Waals surface area contributed by atoms with E-state index in [1.54, 1.807) is 0 Å². The molecule has 0 spiro atoms. The Morgan fingerprint density at radius 2 is 2.00 bits per heavy atom. The zero-order valence-electron chi connectivity index (χ0n) is 8.90. The first-order valence-electron chi connectivity index (χ1n) is 4.73. The first-order chi connectivity index (χ1) is 8.79. The Balaban J connectivity index is 2.58. The van der Waals surface area contributed by atoms with Gasteiger partial charge in [0.15, 0.2) is 0 Å². The van der Waals surface area contributed by atoms with Gasteiger partial charge in [-0.1, -0.05) is 15.9 Å². The number of aromatic nitrogens is 2. The van der Waals surface area contributed by atoms with E-state index >= 15 is 0 Å². The zero-order valence-corrected chi connectivity index (χ0v) is 10.5. The van der Waals surface area contributed by atoms with Crippen molar-refractivity contribution in [1.82, 2.24) is 10.2 Å². The largest absolute Gasteiger partial charge is 0.474 e. The first-order valence-corrected chi connectivity index (χ1v) is 5.52. The van der Waals surface area contributed by atoms with Crippen molar-refractivity contribution in [2.75, 3.05) is 0 Å². The van der Waals surface area contributed by atoms with Crippen LogP contribution in [0.25, 0.3) is 11.5 Å². The van der Waals surface area contributed by atoms with E-state index in [1.165, 1.54) is 6.07 Å². The van der Waals surface area contributed by atoms with Crippen LogP contribution in [-0.2, 0) is 6.18 Å². The van der Waals surface area contributed by atoms with Gasteiger partial charge in [-0.05, 0) is 18.2 Å². The third-order valence-corrected chi connectivity index (χ3v) is 2.62. The normalized spacial score (nSPS) is 11.6. The monoisotopic (exact) mass is 336 g/mol. The summed E-state index contributed by atoms with van der Waals surface area (Å²) >= 11 is 2.93. The summed E-state index contributed by atoms with van der Waals surface area (Å²) in [6, 6.07) is 3.32. The molecule has 0 saturated heterocycles. The van der Waals surface area contributed by atoms with Crippen molar-refractivity contribution in [2.24, 2.45) is 0 Å². The first kappa shape index (κ1) is 13.5. The van der Waals surface area contributed by atoms with Gasteiger partial charge in [-0.25, -0.2) is 4.79 Å². The molecule has 0 saturated carbocycles. The van der Waals surface area contributed by atoms with Gasteiger partial charge in [0, 0.05) is 4.47 Å². The number of alkyl halides is 3. The van der Waals surface area contributed by atoms with Crippen molar-refractivity contribution in [1.29, 1.82) is 0 Å². The minimum absolute atomic E-state index is 0.224. The van der Waals surface area contributed by atoms with Gasteiger partial charge in [-0.3, -0.25) is 0 Å². The number of hydrogen-bond donors (Lipinski definition) is 1. The lowest BCUT2D eigenvalue weighted by Crippen LogP contribution is -2.07. The fraction of sp³-hybridized carbons (Fsp3) is 0.100. The molecule has 0 unspecified atom stereocenters. The van der Waals surface area contributed by atoms with E-state index in [4.69, 9.17) is 5.11 Å². The van der Waals surface area contributed by atoms with Crippen molar-refractivity contribution in [2.45, 2.75) is 6.18 Å². The highest BCUT2D eigenvalue weighted by Crippen LogP contribution is 2.38. The molecule has 5 nitrogen and oxygen atoms in total. The second kappa shape index (κ2) is 4.65. The van der Waals surface area contributed by atoms with Crippen molar-refractivity contribution in [3.8, 4) is 11.5 Å². The smallest absolute Gasteiger partial charge is 0.417 e. The number of rotatable bonds is 2. The van der Waals surface area contributed by atoms with Crippen LogP contribution in [0.15, 0.2) is 27.1 Å². The summed E-state index contributed by atoms with van der Waals surface area (Å²) in [7, 11) is 0. The van der Waals surface area contributed by atoms with E-state index in [2.05, 4.69) is 30.5 Å². The molecule has 0 amide bonds. The summed E-state index contributed by atoms with van der Waals surface area (Å²) in [6.07, 6.45) is -4.63. The Kier molecular flexibility index (Phi) is 3.31. The van der Waals surface area contributed by atoms with Crippen LogP contribution in [0.1, 0.15) is 16.2 Å². The fourth-order valence-corrected chi connectivity index (χ4v) is 1.72. The van der Waals surface area contributed by atoms with Gasteiger partial charge in [0.05, 0.1) is 11.1 Å². The molecule has 0 fully saturated rings. The van der Waals surface area contributed by atoms with Crippen molar-refractivity contribution in [3.05, 3.63) is 34.1 Å². The number of benzene rings is 1. The number of carboxylic acids is 1. The Morgan fingerprint density at radius 1 is 1.32 bits per heavy atom. The molecule has 0 atom stereocenters. The molecule has 0 aliphatic carbocycles. The number of carbonyl (C=O) groups is 1. The van der Waals surface area contributed by atoms with Crippen LogP contribution >= 0.6 is 15.9 Å². The molecular formula is C10H4BrF3N2O3. The molecule has 0 bridgehead atoms. The molecule has 1 aromatic carbocycles. The lowest BCUT2D eigenvalue weighted by molar-refractivity contribution is -0.137. The molecule has 0 aliphatic rings. The van der Waals surface area contributed by atoms with Crippen LogP contribution in [-0.4, -0.2) is 21.3 Å². The highest BCUT2D eigenvalue weighted by Gasteiger charge is 2.35. The maximum absolute atomic E-state index is 12.9. The van der Waals surface area contributed by atoms with Crippen molar-refractivity contribution in [3.63, 3.8) is 0 Å². The molecule has 1 heterocycles. The van der Waals surface area contributed by atoms with Gasteiger partial charge in [-0.2, -0.15) is 13.2 Å². The third-order valence-electron chi connectivity index (χ3n) is 2.13. The summed E-state index contributed by atoms with van der Waals surface area (Å²) in [4.78, 5) is 10.6. The van der Waals surface area contributed by atoms with Crippen LogP contribution in [0, 0.1) is 0 Å². The SMILES string of the molecule is O=C(O)c1nnc(-c2ccc(Br)cc2C(F)(F)F)o1. The van der Waals surface area contributed by atoms with Gasteiger partial charge in [0.2, 0.25) is 5.89 Å². The summed E-state index contributed by atoms with van der Waals surface area (Å²) in [5.41, 5.74) is -1.38. The predicted molar refractivity (Wildman–Crippen MR) is 59.4 cm³/mol. The van der Waals surface area contributed by atoms with Crippen molar-refractivity contribution < 1.29 is 27.5 Å². The summed E-state index contributed by atoms with van der Waals surface area (Å²) in [5.74, 6) is -2.78. The Morgan fingerprint density at radius 3 is 2.53 bits per heavy atom. The minimum atomic E-state index is -4.63. The maximum Gasteiger partial charge on any atom is 0.417 e. The average Bonchev–Trinajstić information content (AvgIpc) is 2.77. The molecule has 19 heavy (non-hydrogen) atoms. The van der Waals surface area contributed by atoms with Crippen LogP contribution in [0.5, 0.6) is 0 Å². The molecule has 0 aliphatic heterocycles. The third kappa shape index (κ3) is 2.75. The van der Waals surface area contributed by atoms with E-state index in [9.17, 15) is 18.0 Å². The highest BCUT2D eigenvalue weighted by molar-refractivity contribution is 9.10. The van der Waals surface area contributed by atoms with Crippen molar-refractivity contribution >= 4 is 21.9 Å². The number of aromatic carboxylic acids is 1.